The topological polar surface area (TPSA) is 55.1 Å². The van der Waals surface area contributed by atoms with Crippen molar-refractivity contribution < 1.29 is 4.79 Å². The minimum atomic E-state index is -0.405. The fourth-order valence-electron chi connectivity index (χ4n) is 3.61. The maximum absolute atomic E-state index is 11.9. The molecule has 3 nitrogen and oxygen atoms in total. The van der Waals surface area contributed by atoms with Crippen molar-refractivity contribution in [1.29, 1.82) is 0 Å². The van der Waals surface area contributed by atoms with Gasteiger partial charge >= 0.3 is 0 Å². The molecule has 3 heteroatoms. The fraction of sp³-hybridized carbons (Fsp3) is 0.933. The molecule has 2 aliphatic carbocycles. The molecule has 0 heterocycles. The molecular weight excluding hydrogens is 224 g/mol. The summed E-state index contributed by atoms with van der Waals surface area (Å²) >= 11 is 0. The molecule has 0 aliphatic heterocycles. The molecule has 0 aromatic carbocycles. The average molecular weight is 252 g/mol. The third-order valence-electron chi connectivity index (χ3n) is 4.91. The van der Waals surface area contributed by atoms with E-state index in [4.69, 9.17) is 5.73 Å². The highest BCUT2D eigenvalue weighted by Gasteiger charge is 2.39. The van der Waals surface area contributed by atoms with Crippen LogP contribution < -0.4 is 11.1 Å². The highest BCUT2D eigenvalue weighted by Crippen LogP contribution is 2.49. The molecule has 0 radical (unpaired) electrons. The van der Waals surface area contributed by atoms with Gasteiger partial charge in [0.25, 0.3) is 0 Å². The van der Waals surface area contributed by atoms with E-state index >= 15 is 0 Å². The number of rotatable bonds is 4. The third-order valence-corrected chi connectivity index (χ3v) is 4.91. The van der Waals surface area contributed by atoms with E-state index in [0.717, 1.165) is 30.7 Å². The van der Waals surface area contributed by atoms with Gasteiger partial charge < -0.3 is 11.1 Å². The summed E-state index contributed by atoms with van der Waals surface area (Å²) in [7, 11) is 0. The SMILES string of the molecule is CC(C)(C)[C@H](N)C(=O)NCCC1CC2CCC1C2. The molecule has 0 aromatic rings. The molecule has 3 N–H and O–H groups in total. The predicted octanol–water partition coefficient (Wildman–Crippen LogP) is 2.30. The van der Waals surface area contributed by atoms with Crippen molar-refractivity contribution in [3.63, 3.8) is 0 Å². The highest BCUT2D eigenvalue weighted by molar-refractivity contribution is 5.82. The Balaban J connectivity index is 1.68. The first-order valence-electron chi connectivity index (χ1n) is 7.41. The summed E-state index contributed by atoms with van der Waals surface area (Å²) in [6, 6.07) is -0.405. The zero-order valence-electron chi connectivity index (χ0n) is 12.0. The number of carbonyl (C=O) groups is 1. The summed E-state index contributed by atoms with van der Waals surface area (Å²) in [6.07, 6.45) is 6.85. The smallest absolute Gasteiger partial charge is 0.237 e. The van der Waals surface area contributed by atoms with Gasteiger partial charge in [-0.05, 0) is 48.9 Å². The van der Waals surface area contributed by atoms with Gasteiger partial charge in [-0.25, -0.2) is 0 Å². The number of hydrogen-bond donors (Lipinski definition) is 2. The fourth-order valence-corrected chi connectivity index (χ4v) is 3.61. The van der Waals surface area contributed by atoms with Gasteiger partial charge in [-0.15, -0.1) is 0 Å². The number of carbonyl (C=O) groups excluding carboxylic acids is 1. The summed E-state index contributed by atoms with van der Waals surface area (Å²) in [4.78, 5) is 11.9. The quantitative estimate of drug-likeness (QED) is 0.806. The van der Waals surface area contributed by atoms with E-state index in [1.54, 1.807) is 0 Å². The van der Waals surface area contributed by atoms with E-state index < -0.39 is 6.04 Å². The van der Waals surface area contributed by atoms with Crippen LogP contribution in [0.4, 0.5) is 0 Å². The van der Waals surface area contributed by atoms with Crippen molar-refractivity contribution in [3.8, 4) is 0 Å². The Labute approximate surface area is 111 Å². The molecule has 2 bridgehead atoms. The van der Waals surface area contributed by atoms with Crippen molar-refractivity contribution in [2.24, 2.45) is 28.9 Å². The standard InChI is InChI=1S/C15H28N2O/c1-15(2,3)13(16)14(18)17-7-6-12-9-10-4-5-11(12)8-10/h10-13H,4-9,16H2,1-3H3,(H,17,18)/t10?,11?,12?,13-/m1/s1. The van der Waals surface area contributed by atoms with Crippen LogP contribution in [-0.2, 0) is 4.79 Å². The van der Waals surface area contributed by atoms with Gasteiger partial charge in [0.15, 0.2) is 0 Å². The Hall–Kier alpha value is -0.570. The molecule has 18 heavy (non-hydrogen) atoms. The first-order valence-corrected chi connectivity index (χ1v) is 7.41. The zero-order valence-corrected chi connectivity index (χ0v) is 12.0. The molecule has 2 rings (SSSR count). The van der Waals surface area contributed by atoms with Gasteiger partial charge in [-0.2, -0.15) is 0 Å². The van der Waals surface area contributed by atoms with Crippen LogP contribution in [-0.4, -0.2) is 18.5 Å². The molecule has 2 saturated carbocycles. The van der Waals surface area contributed by atoms with Crippen LogP contribution >= 0.6 is 0 Å². The average Bonchev–Trinajstić information content (AvgIpc) is 2.88. The van der Waals surface area contributed by atoms with Gasteiger partial charge in [0.1, 0.15) is 0 Å². The molecule has 104 valence electrons. The van der Waals surface area contributed by atoms with Gasteiger partial charge in [0, 0.05) is 6.54 Å². The van der Waals surface area contributed by atoms with Crippen molar-refractivity contribution in [2.75, 3.05) is 6.54 Å². The third kappa shape index (κ3) is 3.05. The monoisotopic (exact) mass is 252 g/mol. The number of nitrogens with one attached hydrogen (secondary N) is 1. The van der Waals surface area contributed by atoms with Crippen LogP contribution in [0.15, 0.2) is 0 Å². The molecule has 0 aromatic heterocycles. The molecule has 2 fully saturated rings. The van der Waals surface area contributed by atoms with Crippen LogP contribution in [0.25, 0.3) is 0 Å². The molecular formula is C15H28N2O. The Morgan fingerprint density at radius 1 is 1.33 bits per heavy atom. The largest absolute Gasteiger partial charge is 0.355 e. The second-order valence-electron chi connectivity index (χ2n) is 7.36. The molecule has 3 unspecified atom stereocenters. The molecule has 1 amide bonds. The summed E-state index contributed by atoms with van der Waals surface area (Å²) in [5.74, 6) is 2.80. The lowest BCUT2D eigenvalue weighted by Crippen LogP contribution is -2.48. The number of fused-ring (bicyclic) bond motifs is 2. The first-order chi connectivity index (χ1) is 8.38. The lowest BCUT2D eigenvalue weighted by Gasteiger charge is -2.26. The van der Waals surface area contributed by atoms with E-state index in [9.17, 15) is 4.79 Å². The van der Waals surface area contributed by atoms with Crippen molar-refractivity contribution >= 4 is 5.91 Å². The summed E-state index contributed by atoms with van der Waals surface area (Å²) in [5.41, 5.74) is 5.78. The predicted molar refractivity (Wildman–Crippen MR) is 74.0 cm³/mol. The first kappa shape index (κ1) is 13.9. The van der Waals surface area contributed by atoms with Crippen LogP contribution in [0, 0.1) is 23.2 Å². The Bertz CT molecular complexity index is 308. The van der Waals surface area contributed by atoms with Gasteiger partial charge in [-0.1, -0.05) is 27.2 Å². The van der Waals surface area contributed by atoms with Gasteiger partial charge in [0.2, 0.25) is 5.91 Å². The minimum absolute atomic E-state index is 0.00524. The van der Waals surface area contributed by atoms with Crippen LogP contribution in [0.2, 0.25) is 0 Å². The summed E-state index contributed by atoms with van der Waals surface area (Å²) in [6.45, 7) is 6.82. The van der Waals surface area contributed by atoms with E-state index in [1.807, 2.05) is 20.8 Å². The lowest BCUT2D eigenvalue weighted by molar-refractivity contribution is -0.124. The van der Waals surface area contributed by atoms with E-state index in [-0.39, 0.29) is 11.3 Å². The Kier molecular flexibility index (Phi) is 4.00. The highest BCUT2D eigenvalue weighted by atomic mass is 16.2. The summed E-state index contributed by atoms with van der Waals surface area (Å²) in [5, 5.41) is 3.01. The molecule has 0 spiro atoms. The van der Waals surface area contributed by atoms with Crippen LogP contribution in [0.5, 0.6) is 0 Å². The van der Waals surface area contributed by atoms with Gasteiger partial charge in [-0.3, -0.25) is 4.79 Å². The van der Waals surface area contributed by atoms with Crippen LogP contribution in [0.1, 0.15) is 52.9 Å². The van der Waals surface area contributed by atoms with E-state index in [0.29, 0.717) is 0 Å². The van der Waals surface area contributed by atoms with Gasteiger partial charge in [0.05, 0.1) is 6.04 Å². The molecule has 0 saturated heterocycles. The maximum Gasteiger partial charge on any atom is 0.237 e. The normalized spacial score (nSPS) is 32.6. The Morgan fingerprint density at radius 3 is 2.56 bits per heavy atom. The van der Waals surface area contributed by atoms with E-state index in [2.05, 4.69) is 5.32 Å². The Morgan fingerprint density at radius 2 is 2.06 bits per heavy atom. The van der Waals surface area contributed by atoms with E-state index in [1.165, 1.54) is 25.7 Å². The number of hydrogen-bond acceptors (Lipinski definition) is 2. The number of nitrogens with two attached hydrogens (primary N) is 1. The van der Waals surface area contributed by atoms with Crippen molar-refractivity contribution in [2.45, 2.75) is 58.9 Å². The summed E-state index contributed by atoms with van der Waals surface area (Å²) < 4.78 is 0. The molecule has 4 atom stereocenters. The molecule has 2 aliphatic rings. The minimum Gasteiger partial charge on any atom is -0.355 e. The second-order valence-corrected chi connectivity index (χ2v) is 7.36. The van der Waals surface area contributed by atoms with Crippen molar-refractivity contribution in [1.82, 2.24) is 5.32 Å². The maximum atomic E-state index is 11.9. The van der Waals surface area contributed by atoms with Crippen molar-refractivity contribution in [3.05, 3.63) is 0 Å². The van der Waals surface area contributed by atoms with Crippen LogP contribution in [0.3, 0.4) is 0 Å². The lowest BCUT2D eigenvalue weighted by atomic mass is 9.85. The second kappa shape index (κ2) is 5.20. The number of amides is 1. The zero-order chi connectivity index (χ0) is 13.3.